The van der Waals surface area contributed by atoms with Gasteiger partial charge in [0, 0.05) is 12.1 Å². The van der Waals surface area contributed by atoms with Gasteiger partial charge in [0.25, 0.3) is 5.91 Å². The maximum absolute atomic E-state index is 12.4. The minimum Gasteiger partial charge on any atom is -0.489 e. The molecule has 0 fully saturated rings. The van der Waals surface area contributed by atoms with Crippen molar-refractivity contribution in [2.75, 3.05) is 6.54 Å². The molecule has 0 atom stereocenters. The van der Waals surface area contributed by atoms with Crippen LogP contribution in [-0.4, -0.2) is 27.2 Å². The van der Waals surface area contributed by atoms with Crippen LogP contribution >= 0.6 is 0 Å². The highest BCUT2D eigenvalue weighted by molar-refractivity contribution is 5.94. The van der Waals surface area contributed by atoms with Gasteiger partial charge in [-0.25, -0.2) is 0 Å². The lowest BCUT2D eigenvalue weighted by atomic mass is 10.0. The van der Waals surface area contributed by atoms with E-state index in [1.165, 1.54) is 22.6 Å². The van der Waals surface area contributed by atoms with Gasteiger partial charge in [0.05, 0.1) is 11.5 Å². The van der Waals surface area contributed by atoms with E-state index < -0.39 is 4.92 Å². The van der Waals surface area contributed by atoms with Crippen molar-refractivity contribution < 1.29 is 14.5 Å². The number of rotatable bonds is 9. The second-order valence-corrected chi connectivity index (χ2v) is 7.19. The minimum atomic E-state index is -0.506. The summed E-state index contributed by atoms with van der Waals surface area (Å²) in [4.78, 5) is 22.6. The fourth-order valence-electron chi connectivity index (χ4n) is 2.87. The number of aromatic nitrogens is 2. The predicted molar refractivity (Wildman–Crippen MR) is 113 cm³/mol. The van der Waals surface area contributed by atoms with Crippen molar-refractivity contribution in [2.24, 2.45) is 0 Å². The van der Waals surface area contributed by atoms with Crippen molar-refractivity contribution in [3.8, 4) is 5.75 Å². The number of carbonyl (C=O) groups is 1. The molecule has 1 aromatic heterocycles. The fourth-order valence-corrected chi connectivity index (χ4v) is 2.87. The van der Waals surface area contributed by atoms with E-state index in [9.17, 15) is 14.9 Å². The number of hydrogen-bond donors (Lipinski definition) is 1. The summed E-state index contributed by atoms with van der Waals surface area (Å²) in [5.74, 6) is 1.03. The molecule has 3 aromatic rings. The predicted octanol–water partition coefficient (Wildman–Crippen LogP) is 3.92. The molecule has 156 valence electrons. The Labute approximate surface area is 174 Å². The second kappa shape index (κ2) is 9.69. The summed E-state index contributed by atoms with van der Waals surface area (Å²) in [6, 6.07) is 15.2. The Bertz CT molecular complexity index is 1010. The van der Waals surface area contributed by atoms with Gasteiger partial charge in [0.1, 0.15) is 24.8 Å². The number of nitrogens with zero attached hydrogens (tertiary/aromatic N) is 3. The van der Waals surface area contributed by atoms with Gasteiger partial charge in [-0.3, -0.25) is 19.6 Å². The van der Waals surface area contributed by atoms with Crippen LogP contribution in [0.3, 0.4) is 0 Å². The zero-order valence-electron chi connectivity index (χ0n) is 16.9. The summed E-state index contributed by atoms with van der Waals surface area (Å²) in [5, 5.41) is 17.4. The summed E-state index contributed by atoms with van der Waals surface area (Å²) < 4.78 is 7.25. The standard InChI is InChI=1S/C22H24N4O4/c1-16(2)18-6-8-21(9-7-18)30-15-17-4-3-5-19(12-17)22(27)23-10-11-25-14-20(13-24-25)26(28)29/h3-9,12-14,16H,10-11,15H2,1-2H3,(H,23,27). The van der Waals surface area contributed by atoms with E-state index in [1.807, 2.05) is 24.3 Å². The molecule has 0 saturated heterocycles. The van der Waals surface area contributed by atoms with Crippen molar-refractivity contribution in [2.45, 2.75) is 32.9 Å². The Hall–Kier alpha value is -3.68. The highest BCUT2D eigenvalue weighted by atomic mass is 16.6. The smallest absolute Gasteiger partial charge is 0.306 e. The molecule has 3 rings (SSSR count). The Kier molecular flexibility index (Phi) is 6.79. The Morgan fingerprint density at radius 2 is 2.00 bits per heavy atom. The van der Waals surface area contributed by atoms with E-state index in [2.05, 4.69) is 36.4 Å². The summed E-state index contributed by atoms with van der Waals surface area (Å²) in [6.07, 6.45) is 2.51. The van der Waals surface area contributed by atoms with Crippen LogP contribution in [-0.2, 0) is 13.2 Å². The average molecular weight is 408 g/mol. The lowest BCUT2D eigenvalue weighted by Gasteiger charge is -2.10. The molecule has 0 aliphatic rings. The van der Waals surface area contributed by atoms with E-state index in [-0.39, 0.29) is 11.6 Å². The van der Waals surface area contributed by atoms with Crippen LogP contribution in [0.4, 0.5) is 5.69 Å². The molecule has 2 aromatic carbocycles. The molecule has 0 aliphatic heterocycles. The molecule has 0 spiro atoms. The maximum atomic E-state index is 12.4. The average Bonchev–Trinajstić information content (AvgIpc) is 3.22. The van der Waals surface area contributed by atoms with Gasteiger partial charge in [-0.15, -0.1) is 0 Å². The van der Waals surface area contributed by atoms with Crippen molar-refractivity contribution in [1.82, 2.24) is 15.1 Å². The maximum Gasteiger partial charge on any atom is 0.306 e. The number of nitrogens with one attached hydrogen (secondary N) is 1. The summed E-state index contributed by atoms with van der Waals surface area (Å²) in [7, 11) is 0. The quantitative estimate of drug-likeness (QED) is 0.427. The summed E-state index contributed by atoms with van der Waals surface area (Å²) >= 11 is 0. The van der Waals surface area contributed by atoms with Crippen LogP contribution in [0.1, 0.15) is 41.3 Å². The first kappa shape index (κ1) is 21.0. The van der Waals surface area contributed by atoms with Gasteiger partial charge in [-0.2, -0.15) is 5.10 Å². The van der Waals surface area contributed by atoms with Crippen molar-refractivity contribution in [3.63, 3.8) is 0 Å². The van der Waals surface area contributed by atoms with Crippen LogP contribution in [0.25, 0.3) is 0 Å². The third-order valence-electron chi connectivity index (χ3n) is 4.60. The number of benzene rings is 2. The first-order valence-corrected chi connectivity index (χ1v) is 9.69. The van der Waals surface area contributed by atoms with Gasteiger partial charge in [-0.05, 0) is 41.3 Å². The van der Waals surface area contributed by atoms with Gasteiger partial charge >= 0.3 is 5.69 Å². The normalized spacial score (nSPS) is 10.8. The van der Waals surface area contributed by atoms with E-state index in [0.29, 0.717) is 31.2 Å². The zero-order valence-corrected chi connectivity index (χ0v) is 16.9. The van der Waals surface area contributed by atoms with E-state index in [1.54, 1.807) is 12.1 Å². The van der Waals surface area contributed by atoms with Crippen molar-refractivity contribution in [1.29, 1.82) is 0 Å². The van der Waals surface area contributed by atoms with Crippen molar-refractivity contribution in [3.05, 3.63) is 87.7 Å². The lowest BCUT2D eigenvalue weighted by molar-refractivity contribution is -0.385. The molecular formula is C22H24N4O4. The summed E-state index contributed by atoms with van der Waals surface area (Å²) in [5.41, 5.74) is 2.59. The van der Waals surface area contributed by atoms with Crippen LogP contribution in [0.5, 0.6) is 5.75 Å². The molecule has 0 radical (unpaired) electrons. The van der Waals surface area contributed by atoms with Crippen LogP contribution < -0.4 is 10.1 Å². The monoisotopic (exact) mass is 408 g/mol. The largest absolute Gasteiger partial charge is 0.489 e. The third-order valence-corrected chi connectivity index (χ3v) is 4.60. The second-order valence-electron chi connectivity index (χ2n) is 7.19. The molecule has 0 aliphatic carbocycles. The fraction of sp³-hybridized carbons (Fsp3) is 0.273. The van der Waals surface area contributed by atoms with E-state index >= 15 is 0 Å². The molecule has 8 nitrogen and oxygen atoms in total. The number of nitro groups is 1. The molecule has 1 amide bonds. The van der Waals surface area contributed by atoms with Gasteiger partial charge in [0.2, 0.25) is 0 Å². The molecule has 0 unspecified atom stereocenters. The van der Waals surface area contributed by atoms with Crippen LogP contribution in [0, 0.1) is 10.1 Å². The zero-order chi connectivity index (χ0) is 21.5. The number of carbonyl (C=O) groups excluding carboxylic acids is 1. The molecule has 0 bridgehead atoms. The number of hydrogen-bond acceptors (Lipinski definition) is 5. The molecule has 8 heteroatoms. The highest BCUT2D eigenvalue weighted by Crippen LogP contribution is 2.19. The molecule has 0 saturated carbocycles. The lowest BCUT2D eigenvalue weighted by Crippen LogP contribution is -2.27. The third kappa shape index (κ3) is 5.66. The minimum absolute atomic E-state index is 0.0760. The highest BCUT2D eigenvalue weighted by Gasteiger charge is 2.10. The van der Waals surface area contributed by atoms with Crippen LogP contribution in [0.2, 0.25) is 0 Å². The number of amides is 1. The first-order valence-electron chi connectivity index (χ1n) is 9.69. The van der Waals surface area contributed by atoms with Gasteiger partial charge in [-0.1, -0.05) is 38.1 Å². The molecule has 30 heavy (non-hydrogen) atoms. The Morgan fingerprint density at radius 1 is 1.23 bits per heavy atom. The van der Waals surface area contributed by atoms with Crippen LogP contribution in [0.15, 0.2) is 60.9 Å². The Balaban J connectivity index is 1.51. The molecule has 1 N–H and O–H groups in total. The molecular weight excluding hydrogens is 384 g/mol. The number of ether oxygens (including phenoxy) is 1. The van der Waals surface area contributed by atoms with E-state index in [0.717, 1.165) is 11.3 Å². The Morgan fingerprint density at radius 3 is 2.67 bits per heavy atom. The SMILES string of the molecule is CC(C)c1ccc(OCc2cccc(C(=O)NCCn3cc([N+](=O)[O-])cn3)c2)cc1. The topological polar surface area (TPSA) is 99.3 Å². The molecule has 1 heterocycles. The summed E-state index contributed by atoms with van der Waals surface area (Å²) in [6.45, 7) is 5.30. The van der Waals surface area contributed by atoms with Crippen molar-refractivity contribution >= 4 is 11.6 Å². The van der Waals surface area contributed by atoms with E-state index in [4.69, 9.17) is 4.74 Å². The van der Waals surface area contributed by atoms with Gasteiger partial charge in [0.15, 0.2) is 0 Å². The first-order chi connectivity index (χ1) is 14.4. The van der Waals surface area contributed by atoms with Gasteiger partial charge < -0.3 is 10.1 Å².